The highest BCUT2D eigenvalue weighted by atomic mass is 16.5. The second-order valence-electron chi connectivity index (χ2n) is 6.04. The Bertz CT molecular complexity index is 356. The third kappa shape index (κ3) is 3.32. The molecule has 0 spiro atoms. The highest BCUT2D eigenvalue weighted by Gasteiger charge is 2.40. The van der Waals surface area contributed by atoms with Gasteiger partial charge < -0.3 is 15.4 Å². The summed E-state index contributed by atoms with van der Waals surface area (Å²) in [5.74, 6) is -0.0988. The predicted molar refractivity (Wildman–Crippen MR) is 75.9 cm³/mol. The van der Waals surface area contributed by atoms with E-state index >= 15 is 0 Å². The molecule has 20 heavy (non-hydrogen) atoms. The first-order valence-corrected chi connectivity index (χ1v) is 7.82. The van der Waals surface area contributed by atoms with Gasteiger partial charge in [-0.25, -0.2) is 0 Å². The summed E-state index contributed by atoms with van der Waals surface area (Å²) >= 11 is 0. The topological polar surface area (TPSA) is 72.6 Å². The van der Waals surface area contributed by atoms with Gasteiger partial charge in [0.15, 0.2) is 0 Å². The molecule has 5 heteroatoms. The van der Waals surface area contributed by atoms with Crippen LogP contribution in [0.25, 0.3) is 0 Å². The molecule has 0 atom stereocenters. The summed E-state index contributed by atoms with van der Waals surface area (Å²) in [6.45, 7) is 3.49. The average Bonchev–Trinajstić information content (AvgIpc) is 2.48. The van der Waals surface area contributed by atoms with Gasteiger partial charge in [0.05, 0.1) is 18.1 Å². The van der Waals surface area contributed by atoms with Crippen molar-refractivity contribution in [3.8, 4) is 0 Å². The monoisotopic (exact) mass is 282 g/mol. The molecule has 1 aliphatic heterocycles. The lowest BCUT2D eigenvalue weighted by atomic mass is 9.81. The molecule has 1 amide bonds. The van der Waals surface area contributed by atoms with Gasteiger partial charge >= 0.3 is 5.97 Å². The summed E-state index contributed by atoms with van der Waals surface area (Å²) < 4.78 is 5.05. The molecule has 114 valence electrons. The summed E-state index contributed by atoms with van der Waals surface area (Å²) in [7, 11) is 0. The Morgan fingerprint density at radius 1 is 1.20 bits per heavy atom. The molecule has 0 unspecified atom stereocenters. The van der Waals surface area contributed by atoms with Gasteiger partial charge in [0.1, 0.15) is 0 Å². The number of nitrogens with zero attached hydrogens (tertiary/aromatic N) is 1. The van der Waals surface area contributed by atoms with Crippen LogP contribution in [0.3, 0.4) is 0 Å². The maximum atomic E-state index is 12.6. The molecule has 2 rings (SSSR count). The lowest BCUT2D eigenvalue weighted by Crippen LogP contribution is -2.57. The molecule has 2 fully saturated rings. The second-order valence-corrected chi connectivity index (χ2v) is 6.04. The highest BCUT2D eigenvalue weighted by Crippen LogP contribution is 2.29. The molecule has 0 radical (unpaired) electrons. The van der Waals surface area contributed by atoms with Crippen molar-refractivity contribution in [2.24, 2.45) is 11.7 Å². The molecule has 1 aliphatic carbocycles. The first-order valence-electron chi connectivity index (χ1n) is 7.82. The van der Waals surface area contributed by atoms with E-state index in [2.05, 4.69) is 0 Å². The van der Waals surface area contributed by atoms with Gasteiger partial charge in [0.2, 0.25) is 5.91 Å². The van der Waals surface area contributed by atoms with Gasteiger partial charge in [-0.15, -0.1) is 0 Å². The van der Waals surface area contributed by atoms with Crippen LogP contribution < -0.4 is 5.73 Å². The zero-order valence-corrected chi connectivity index (χ0v) is 12.4. The molecule has 1 saturated heterocycles. The first-order chi connectivity index (χ1) is 9.57. The smallest absolute Gasteiger partial charge is 0.309 e. The molecule has 2 N–H and O–H groups in total. The van der Waals surface area contributed by atoms with Crippen LogP contribution in [-0.4, -0.2) is 42.0 Å². The third-order valence-corrected chi connectivity index (χ3v) is 4.57. The zero-order valence-electron chi connectivity index (χ0n) is 12.4. The van der Waals surface area contributed by atoms with Crippen LogP contribution in [0.1, 0.15) is 51.9 Å². The molecular formula is C15H26N2O3. The van der Waals surface area contributed by atoms with E-state index < -0.39 is 5.54 Å². The Kier molecular flexibility index (Phi) is 5.02. The largest absolute Gasteiger partial charge is 0.466 e. The predicted octanol–water partition coefficient (Wildman–Crippen LogP) is 1.45. The quantitative estimate of drug-likeness (QED) is 0.795. The van der Waals surface area contributed by atoms with Crippen LogP contribution in [0.15, 0.2) is 0 Å². The van der Waals surface area contributed by atoms with Crippen molar-refractivity contribution in [3.63, 3.8) is 0 Å². The Morgan fingerprint density at radius 3 is 2.35 bits per heavy atom. The standard InChI is InChI=1S/C15H26N2O3/c1-2-20-13(18)12-6-10-17(11-7-12)14(19)15(16)8-4-3-5-9-15/h12H,2-11,16H2,1H3. The summed E-state index contributed by atoms with van der Waals surface area (Å²) in [6, 6.07) is 0. The van der Waals surface area contributed by atoms with Gasteiger partial charge in [-0.2, -0.15) is 0 Å². The van der Waals surface area contributed by atoms with E-state index in [1.807, 2.05) is 11.8 Å². The Hall–Kier alpha value is -1.10. The Morgan fingerprint density at radius 2 is 1.80 bits per heavy atom. The SMILES string of the molecule is CCOC(=O)C1CCN(C(=O)C2(N)CCCCC2)CC1. The van der Waals surface area contributed by atoms with Crippen LogP contribution in [0.4, 0.5) is 0 Å². The van der Waals surface area contributed by atoms with Crippen LogP contribution >= 0.6 is 0 Å². The van der Waals surface area contributed by atoms with Crippen LogP contribution in [0.2, 0.25) is 0 Å². The van der Waals surface area contributed by atoms with Crippen LogP contribution in [0.5, 0.6) is 0 Å². The number of likely N-dealkylation sites (tertiary alicyclic amines) is 1. The number of esters is 1. The lowest BCUT2D eigenvalue weighted by molar-refractivity contribution is -0.152. The van der Waals surface area contributed by atoms with Gasteiger partial charge in [-0.3, -0.25) is 9.59 Å². The van der Waals surface area contributed by atoms with Crippen molar-refractivity contribution < 1.29 is 14.3 Å². The van der Waals surface area contributed by atoms with E-state index in [4.69, 9.17) is 10.5 Å². The van der Waals surface area contributed by atoms with Crippen LogP contribution in [0, 0.1) is 5.92 Å². The van der Waals surface area contributed by atoms with Gasteiger partial charge in [-0.1, -0.05) is 19.3 Å². The molecule has 0 aromatic rings. The fourth-order valence-electron chi connectivity index (χ4n) is 3.29. The van der Waals surface area contributed by atoms with E-state index in [9.17, 15) is 9.59 Å². The minimum atomic E-state index is -0.658. The van der Waals surface area contributed by atoms with E-state index in [1.165, 1.54) is 6.42 Å². The molecule has 0 bridgehead atoms. The average molecular weight is 282 g/mol. The fraction of sp³-hybridized carbons (Fsp3) is 0.867. The van der Waals surface area contributed by atoms with Crippen molar-refractivity contribution in [2.45, 2.75) is 57.4 Å². The second kappa shape index (κ2) is 6.57. The number of amides is 1. The number of piperidine rings is 1. The van der Waals surface area contributed by atoms with Gasteiger partial charge in [-0.05, 0) is 32.6 Å². The van der Waals surface area contributed by atoms with Crippen molar-refractivity contribution >= 4 is 11.9 Å². The number of carbonyl (C=O) groups excluding carboxylic acids is 2. The molecule has 2 aliphatic rings. The maximum absolute atomic E-state index is 12.6. The lowest BCUT2D eigenvalue weighted by Gasteiger charge is -2.39. The minimum absolute atomic E-state index is 0.0564. The molecule has 1 saturated carbocycles. The Balaban J connectivity index is 1.87. The number of ether oxygens (including phenoxy) is 1. The Labute approximate surface area is 120 Å². The fourth-order valence-corrected chi connectivity index (χ4v) is 3.29. The van der Waals surface area contributed by atoms with E-state index in [1.54, 1.807) is 0 Å². The summed E-state index contributed by atoms with van der Waals surface area (Å²) in [5, 5.41) is 0. The molecule has 0 aromatic heterocycles. The minimum Gasteiger partial charge on any atom is -0.466 e. The van der Waals surface area contributed by atoms with Crippen molar-refractivity contribution in [1.82, 2.24) is 4.90 Å². The van der Waals surface area contributed by atoms with Crippen molar-refractivity contribution in [1.29, 1.82) is 0 Å². The van der Waals surface area contributed by atoms with Crippen LogP contribution in [-0.2, 0) is 14.3 Å². The van der Waals surface area contributed by atoms with Gasteiger partial charge in [0, 0.05) is 13.1 Å². The maximum Gasteiger partial charge on any atom is 0.309 e. The summed E-state index contributed by atoms with van der Waals surface area (Å²) in [6.07, 6.45) is 6.24. The number of rotatable bonds is 3. The third-order valence-electron chi connectivity index (χ3n) is 4.57. The van der Waals surface area contributed by atoms with Gasteiger partial charge in [0.25, 0.3) is 0 Å². The molecule has 0 aromatic carbocycles. The van der Waals surface area contributed by atoms with E-state index in [-0.39, 0.29) is 17.8 Å². The van der Waals surface area contributed by atoms with E-state index in [0.717, 1.165) is 25.7 Å². The van der Waals surface area contributed by atoms with Crippen molar-refractivity contribution in [3.05, 3.63) is 0 Å². The summed E-state index contributed by atoms with van der Waals surface area (Å²) in [5.41, 5.74) is 5.64. The van der Waals surface area contributed by atoms with Crippen molar-refractivity contribution in [2.75, 3.05) is 19.7 Å². The van der Waals surface area contributed by atoms with E-state index in [0.29, 0.717) is 32.5 Å². The highest BCUT2D eigenvalue weighted by molar-refractivity contribution is 5.86. The number of carbonyl (C=O) groups is 2. The number of hydrogen-bond acceptors (Lipinski definition) is 4. The summed E-state index contributed by atoms with van der Waals surface area (Å²) in [4.78, 5) is 26.1. The first kappa shape index (κ1) is 15.3. The normalized spacial score (nSPS) is 23.4. The number of hydrogen-bond donors (Lipinski definition) is 1. The molecule has 1 heterocycles. The zero-order chi connectivity index (χ0) is 14.6. The molecular weight excluding hydrogens is 256 g/mol. The molecule has 5 nitrogen and oxygen atoms in total. The number of nitrogens with two attached hydrogens (primary N) is 1.